The topological polar surface area (TPSA) is 58.2 Å². The van der Waals surface area contributed by atoms with Crippen LogP contribution in [0.5, 0.6) is 0 Å². The first-order valence-corrected chi connectivity index (χ1v) is 6.32. The van der Waals surface area contributed by atoms with Crippen LogP contribution < -0.4 is 10.6 Å². The van der Waals surface area contributed by atoms with Crippen LogP contribution in [-0.2, 0) is 9.59 Å². The lowest BCUT2D eigenvalue weighted by molar-refractivity contribution is -0.139. The van der Waals surface area contributed by atoms with E-state index in [0.717, 1.165) is 32.1 Å². The minimum absolute atomic E-state index is 0.197. The summed E-state index contributed by atoms with van der Waals surface area (Å²) in [6.07, 6.45) is 7.66. The lowest BCUT2D eigenvalue weighted by Gasteiger charge is -2.15. The number of hydrogen-bond acceptors (Lipinski definition) is 2. The van der Waals surface area contributed by atoms with Crippen molar-refractivity contribution >= 4 is 11.8 Å². The molecule has 2 amide bonds. The zero-order valence-electron chi connectivity index (χ0n) is 10.1. The molecule has 0 spiro atoms. The number of hydrogen-bond donors (Lipinski definition) is 2. The van der Waals surface area contributed by atoms with Crippen LogP contribution >= 0.6 is 0 Å². The van der Waals surface area contributed by atoms with Gasteiger partial charge in [0.05, 0.1) is 0 Å². The van der Waals surface area contributed by atoms with Crippen LogP contribution in [0, 0.1) is 0 Å². The summed E-state index contributed by atoms with van der Waals surface area (Å²) in [4.78, 5) is 22.8. The van der Waals surface area contributed by atoms with Crippen LogP contribution in [0.3, 0.4) is 0 Å². The van der Waals surface area contributed by atoms with Gasteiger partial charge in [0.25, 0.3) is 0 Å². The molecule has 1 rings (SSSR count). The molecule has 0 heterocycles. The van der Waals surface area contributed by atoms with Gasteiger partial charge in [-0.3, -0.25) is 9.59 Å². The van der Waals surface area contributed by atoms with E-state index in [9.17, 15) is 9.59 Å². The van der Waals surface area contributed by atoms with Crippen LogP contribution in [0.4, 0.5) is 0 Å². The third-order valence-electron chi connectivity index (χ3n) is 2.93. The lowest BCUT2D eigenvalue weighted by atomic mass is 10.1. The molecule has 0 aromatic carbocycles. The monoisotopic (exact) mass is 226 g/mol. The van der Waals surface area contributed by atoms with Crippen molar-refractivity contribution in [1.82, 2.24) is 10.6 Å². The number of carbonyl (C=O) groups is 2. The Morgan fingerprint density at radius 3 is 2.25 bits per heavy atom. The van der Waals surface area contributed by atoms with E-state index in [1.165, 1.54) is 12.8 Å². The fraction of sp³-hybridized carbons (Fsp3) is 0.833. The molecular formula is C12H22N2O2. The molecule has 1 saturated carbocycles. The van der Waals surface area contributed by atoms with Gasteiger partial charge in [0.2, 0.25) is 0 Å². The van der Waals surface area contributed by atoms with Crippen molar-refractivity contribution in [3.8, 4) is 0 Å². The van der Waals surface area contributed by atoms with Crippen LogP contribution in [0.1, 0.15) is 51.9 Å². The van der Waals surface area contributed by atoms with E-state index < -0.39 is 11.8 Å². The van der Waals surface area contributed by atoms with Gasteiger partial charge in [0, 0.05) is 12.6 Å². The van der Waals surface area contributed by atoms with Crippen LogP contribution in [0.2, 0.25) is 0 Å². The van der Waals surface area contributed by atoms with Crippen molar-refractivity contribution in [3.05, 3.63) is 0 Å². The van der Waals surface area contributed by atoms with Gasteiger partial charge in [-0.25, -0.2) is 0 Å². The molecular weight excluding hydrogens is 204 g/mol. The van der Waals surface area contributed by atoms with Crippen molar-refractivity contribution in [2.45, 2.75) is 57.9 Å². The summed E-state index contributed by atoms with van der Waals surface area (Å²) in [5.41, 5.74) is 0. The molecule has 0 unspecified atom stereocenters. The molecule has 0 aromatic rings. The van der Waals surface area contributed by atoms with Gasteiger partial charge in [-0.15, -0.1) is 0 Å². The Balaban J connectivity index is 2.28. The molecule has 1 aliphatic rings. The van der Waals surface area contributed by atoms with Crippen LogP contribution in [0.25, 0.3) is 0 Å². The van der Waals surface area contributed by atoms with Gasteiger partial charge in [-0.2, -0.15) is 0 Å². The Labute approximate surface area is 97.2 Å². The molecule has 0 aliphatic heterocycles. The third kappa shape index (κ3) is 4.64. The highest BCUT2D eigenvalue weighted by molar-refractivity contribution is 6.35. The highest BCUT2D eigenvalue weighted by atomic mass is 16.2. The van der Waals surface area contributed by atoms with Crippen molar-refractivity contribution in [3.63, 3.8) is 0 Å². The minimum Gasteiger partial charge on any atom is -0.348 e. The van der Waals surface area contributed by atoms with Crippen molar-refractivity contribution in [2.24, 2.45) is 0 Å². The maximum atomic E-state index is 11.5. The molecule has 1 aliphatic carbocycles. The van der Waals surface area contributed by atoms with Gasteiger partial charge in [0.15, 0.2) is 0 Å². The zero-order valence-corrected chi connectivity index (χ0v) is 10.1. The Hall–Kier alpha value is -1.06. The van der Waals surface area contributed by atoms with Crippen LogP contribution in [0.15, 0.2) is 0 Å². The van der Waals surface area contributed by atoms with Gasteiger partial charge in [-0.1, -0.05) is 32.6 Å². The van der Waals surface area contributed by atoms with Gasteiger partial charge in [0.1, 0.15) is 0 Å². The second-order valence-electron chi connectivity index (χ2n) is 4.42. The lowest BCUT2D eigenvalue weighted by Crippen LogP contribution is -2.44. The molecule has 1 fully saturated rings. The van der Waals surface area contributed by atoms with E-state index in [4.69, 9.17) is 0 Å². The van der Waals surface area contributed by atoms with E-state index in [0.29, 0.717) is 6.54 Å². The molecule has 4 nitrogen and oxygen atoms in total. The first-order chi connectivity index (χ1) is 7.74. The quantitative estimate of drug-likeness (QED) is 0.564. The number of nitrogens with one attached hydrogen (secondary N) is 2. The summed E-state index contributed by atoms with van der Waals surface area (Å²) in [7, 11) is 0. The minimum atomic E-state index is -0.494. The molecule has 4 heteroatoms. The molecule has 92 valence electrons. The molecule has 16 heavy (non-hydrogen) atoms. The largest absolute Gasteiger partial charge is 0.348 e. The predicted octanol–water partition coefficient (Wildman–Crippen LogP) is 1.35. The Morgan fingerprint density at radius 2 is 1.69 bits per heavy atom. The average molecular weight is 226 g/mol. The average Bonchev–Trinajstić information content (AvgIpc) is 2.54. The fourth-order valence-electron chi connectivity index (χ4n) is 1.99. The summed E-state index contributed by atoms with van der Waals surface area (Å²) in [5, 5.41) is 5.40. The highest BCUT2D eigenvalue weighted by Crippen LogP contribution is 2.16. The first-order valence-electron chi connectivity index (χ1n) is 6.32. The normalized spacial score (nSPS) is 17.6. The fourth-order valence-corrected chi connectivity index (χ4v) is 1.99. The third-order valence-corrected chi connectivity index (χ3v) is 2.93. The maximum absolute atomic E-state index is 11.5. The molecule has 0 bridgehead atoms. The standard InChI is InChI=1S/C12H22N2O2/c1-2-9-13-11(15)12(16)14-10-7-5-3-4-6-8-10/h10H,2-9H2,1H3,(H,13,15)(H,14,16). The zero-order chi connectivity index (χ0) is 11.8. The molecule has 0 saturated heterocycles. The number of amides is 2. The smallest absolute Gasteiger partial charge is 0.309 e. The molecule has 0 atom stereocenters. The SMILES string of the molecule is CCCNC(=O)C(=O)NC1CCCCCC1. The summed E-state index contributed by atoms with van der Waals surface area (Å²) in [6.45, 7) is 2.53. The molecule has 0 radical (unpaired) electrons. The van der Waals surface area contributed by atoms with Crippen molar-refractivity contribution in [1.29, 1.82) is 0 Å². The predicted molar refractivity (Wildman–Crippen MR) is 62.9 cm³/mol. The van der Waals surface area contributed by atoms with Crippen LogP contribution in [-0.4, -0.2) is 24.4 Å². The van der Waals surface area contributed by atoms with E-state index in [-0.39, 0.29) is 6.04 Å². The maximum Gasteiger partial charge on any atom is 0.309 e. The number of rotatable bonds is 3. The molecule has 2 N–H and O–H groups in total. The summed E-state index contributed by atoms with van der Waals surface area (Å²) >= 11 is 0. The summed E-state index contributed by atoms with van der Waals surface area (Å²) < 4.78 is 0. The Bertz CT molecular complexity index is 233. The summed E-state index contributed by atoms with van der Waals surface area (Å²) in [6, 6.07) is 0.197. The van der Waals surface area contributed by atoms with Crippen molar-refractivity contribution < 1.29 is 9.59 Å². The van der Waals surface area contributed by atoms with Gasteiger partial charge < -0.3 is 10.6 Å². The van der Waals surface area contributed by atoms with Crippen molar-refractivity contribution in [2.75, 3.05) is 6.54 Å². The van der Waals surface area contributed by atoms with E-state index >= 15 is 0 Å². The second-order valence-corrected chi connectivity index (χ2v) is 4.42. The highest BCUT2D eigenvalue weighted by Gasteiger charge is 2.18. The molecule has 0 aromatic heterocycles. The summed E-state index contributed by atoms with van der Waals surface area (Å²) in [5.74, 6) is -0.966. The Kier molecular flexibility index (Phi) is 5.90. The Morgan fingerprint density at radius 1 is 1.06 bits per heavy atom. The first kappa shape index (κ1) is 13.0. The second kappa shape index (κ2) is 7.25. The van der Waals surface area contributed by atoms with Gasteiger partial charge >= 0.3 is 11.8 Å². The number of carbonyl (C=O) groups excluding carboxylic acids is 2. The van der Waals surface area contributed by atoms with E-state index in [1.807, 2.05) is 6.92 Å². The van der Waals surface area contributed by atoms with E-state index in [2.05, 4.69) is 10.6 Å². The van der Waals surface area contributed by atoms with Gasteiger partial charge in [-0.05, 0) is 19.3 Å². The van der Waals surface area contributed by atoms with E-state index in [1.54, 1.807) is 0 Å².